The molecule has 0 bridgehead atoms. The van der Waals surface area contributed by atoms with E-state index in [0.717, 1.165) is 5.69 Å². The zero-order valence-corrected chi connectivity index (χ0v) is 8.37. The second-order valence-corrected chi connectivity index (χ2v) is 3.24. The number of amides is 1. The SMILES string of the molecule is Cc1ccc(NC(C)C(=O)NN)cc1. The van der Waals surface area contributed by atoms with E-state index in [-0.39, 0.29) is 11.9 Å². The largest absolute Gasteiger partial charge is 0.374 e. The number of hydrogen-bond donors (Lipinski definition) is 3. The van der Waals surface area contributed by atoms with Gasteiger partial charge in [-0.15, -0.1) is 0 Å². The summed E-state index contributed by atoms with van der Waals surface area (Å²) in [6.07, 6.45) is 0. The van der Waals surface area contributed by atoms with Gasteiger partial charge in [-0.2, -0.15) is 0 Å². The molecule has 0 spiro atoms. The third-order valence-corrected chi connectivity index (χ3v) is 1.97. The Morgan fingerprint density at radius 1 is 1.36 bits per heavy atom. The molecule has 1 rings (SSSR count). The Balaban J connectivity index is 2.60. The van der Waals surface area contributed by atoms with E-state index in [0.29, 0.717) is 0 Å². The van der Waals surface area contributed by atoms with Gasteiger partial charge < -0.3 is 5.32 Å². The molecule has 0 radical (unpaired) electrons. The van der Waals surface area contributed by atoms with Crippen molar-refractivity contribution in [3.05, 3.63) is 29.8 Å². The van der Waals surface area contributed by atoms with Gasteiger partial charge in [0.25, 0.3) is 5.91 Å². The fourth-order valence-electron chi connectivity index (χ4n) is 1.09. The monoisotopic (exact) mass is 193 g/mol. The van der Waals surface area contributed by atoms with Gasteiger partial charge >= 0.3 is 0 Å². The Morgan fingerprint density at radius 2 is 1.93 bits per heavy atom. The molecule has 0 saturated heterocycles. The second-order valence-electron chi connectivity index (χ2n) is 3.24. The average molecular weight is 193 g/mol. The molecule has 1 atom stereocenters. The summed E-state index contributed by atoms with van der Waals surface area (Å²) >= 11 is 0. The molecule has 0 aromatic heterocycles. The molecule has 1 amide bonds. The lowest BCUT2D eigenvalue weighted by Crippen LogP contribution is -2.41. The molecule has 0 aliphatic carbocycles. The lowest BCUT2D eigenvalue weighted by molar-refractivity contribution is -0.121. The molecular weight excluding hydrogens is 178 g/mol. The predicted molar refractivity (Wildman–Crippen MR) is 56.6 cm³/mol. The van der Waals surface area contributed by atoms with Crippen LogP contribution < -0.4 is 16.6 Å². The molecular formula is C10H15N3O. The molecule has 1 unspecified atom stereocenters. The van der Waals surface area contributed by atoms with Crippen molar-refractivity contribution in [1.82, 2.24) is 5.43 Å². The van der Waals surface area contributed by atoms with E-state index >= 15 is 0 Å². The van der Waals surface area contributed by atoms with E-state index in [1.165, 1.54) is 5.56 Å². The summed E-state index contributed by atoms with van der Waals surface area (Å²) in [5.41, 5.74) is 4.19. The van der Waals surface area contributed by atoms with E-state index in [2.05, 4.69) is 10.7 Å². The second kappa shape index (κ2) is 4.62. The van der Waals surface area contributed by atoms with Crippen molar-refractivity contribution in [2.45, 2.75) is 19.9 Å². The van der Waals surface area contributed by atoms with Crippen molar-refractivity contribution in [3.8, 4) is 0 Å². The van der Waals surface area contributed by atoms with E-state index in [9.17, 15) is 4.79 Å². The van der Waals surface area contributed by atoms with Gasteiger partial charge in [0.05, 0.1) is 0 Å². The normalized spacial score (nSPS) is 11.9. The summed E-state index contributed by atoms with van der Waals surface area (Å²) in [5.74, 6) is 4.78. The number of rotatable bonds is 3. The van der Waals surface area contributed by atoms with Gasteiger partial charge in [0.2, 0.25) is 0 Å². The summed E-state index contributed by atoms with van der Waals surface area (Å²) in [5, 5.41) is 3.03. The first-order chi connectivity index (χ1) is 6.63. The van der Waals surface area contributed by atoms with Crippen LogP contribution in [0.2, 0.25) is 0 Å². The van der Waals surface area contributed by atoms with Gasteiger partial charge in [-0.1, -0.05) is 17.7 Å². The number of nitrogens with one attached hydrogen (secondary N) is 2. The van der Waals surface area contributed by atoms with Crippen molar-refractivity contribution in [3.63, 3.8) is 0 Å². The van der Waals surface area contributed by atoms with Crippen LogP contribution in [0.1, 0.15) is 12.5 Å². The van der Waals surface area contributed by atoms with Crippen LogP contribution >= 0.6 is 0 Å². The summed E-state index contributed by atoms with van der Waals surface area (Å²) in [7, 11) is 0. The maximum absolute atomic E-state index is 11.1. The van der Waals surface area contributed by atoms with Gasteiger partial charge in [0, 0.05) is 5.69 Å². The van der Waals surface area contributed by atoms with E-state index < -0.39 is 0 Å². The maximum Gasteiger partial charge on any atom is 0.256 e. The lowest BCUT2D eigenvalue weighted by atomic mass is 10.2. The van der Waals surface area contributed by atoms with Crippen molar-refractivity contribution >= 4 is 11.6 Å². The zero-order chi connectivity index (χ0) is 10.6. The summed E-state index contributed by atoms with van der Waals surface area (Å²) < 4.78 is 0. The fourth-order valence-corrected chi connectivity index (χ4v) is 1.09. The highest BCUT2D eigenvalue weighted by Gasteiger charge is 2.09. The Hall–Kier alpha value is -1.55. The first kappa shape index (κ1) is 10.5. The maximum atomic E-state index is 11.1. The minimum absolute atomic E-state index is 0.231. The van der Waals surface area contributed by atoms with Crippen molar-refractivity contribution < 1.29 is 4.79 Å². The van der Waals surface area contributed by atoms with Gasteiger partial charge in [-0.25, -0.2) is 5.84 Å². The van der Waals surface area contributed by atoms with Gasteiger partial charge in [0.15, 0.2) is 0 Å². The van der Waals surface area contributed by atoms with Gasteiger partial charge in [-0.05, 0) is 26.0 Å². The van der Waals surface area contributed by atoms with Crippen molar-refractivity contribution in [2.24, 2.45) is 5.84 Å². The minimum atomic E-state index is -0.331. The highest BCUT2D eigenvalue weighted by Crippen LogP contribution is 2.09. The Labute approximate surface area is 83.5 Å². The molecule has 1 aromatic rings. The molecule has 14 heavy (non-hydrogen) atoms. The van der Waals surface area contributed by atoms with Gasteiger partial charge in [-0.3, -0.25) is 10.2 Å². The van der Waals surface area contributed by atoms with Crippen molar-refractivity contribution in [2.75, 3.05) is 5.32 Å². The van der Waals surface area contributed by atoms with Crippen molar-refractivity contribution in [1.29, 1.82) is 0 Å². The quantitative estimate of drug-likeness (QED) is 0.377. The molecule has 76 valence electrons. The number of hydrazine groups is 1. The molecule has 1 aromatic carbocycles. The number of carbonyl (C=O) groups excluding carboxylic acids is 1. The molecule has 0 fully saturated rings. The highest BCUT2D eigenvalue weighted by atomic mass is 16.2. The van der Waals surface area contributed by atoms with Crippen LogP contribution in [0.3, 0.4) is 0 Å². The molecule has 0 aliphatic rings. The fraction of sp³-hybridized carbons (Fsp3) is 0.300. The number of hydrogen-bond acceptors (Lipinski definition) is 3. The van der Waals surface area contributed by atoms with E-state index in [4.69, 9.17) is 5.84 Å². The van der Waals surface area contributed by atoms with Crippen LogP contribution in [-0.4, -0.2) is 11.9 Å². The number of nitrogens with two attached hydrogens (primary N) is 1. The number of anilines is 1. The Bertz CT molecular complexity index is 308. The lowest BCUT2D eigenvalue weighted by Gasteiger charge is -2.13. The molecule has 0 heterocycles. The van der Waals surface area contributed by atoms with E-state index in [1.54, 1.807) is 6.92 Å². The molecule has 0 aliphatic heterocycles. The third kappa shape index (κ3) is 2.74. The summed E-state index contributed by atoms with van der Waals surface area (Å²) in [6.45, 7) is 3.77. The topological polar surface area (TPSA) is 67.2 Å². The smallest absolute Gasteiger partial charge is 0.256 e. The highest BCUT2D eigenvalue weighted by molar-refractivity contribution is 5.83. The number of benzene rings is 1. The molecule has 0 saturated carbocycles. The van der Waals surface area contributed by atoms with Crippen LogP contribution in [0, 0.1) is 6.92 Å². The molecule has 4 nitrogen and oxygen atoms in total. The van der Waals surface area contributed by atoms with E-state index in [1.807, 2.05) is 31.2 Å². The zero-order valence-electron chi connectivity index (χ0n) is 8.37. The first-order valence-corrected chi connectivity index (χ1v) is 4.47. The standard InChI is InChI=1S/C10H15N3O/c1-7-3-5-9(6-4-7)12-8(2)10(14)13-11/h3-6,8,12H,11H2,1-2H3,(H,13,14). The number of carbonyl (C=O) groups is 1. The van der Waals surface area contributed by atoms with Crippen LogP contribution in [0.25, 0.3) is 0 Å². The Kier molecular flexibility index (Phi) is 3.48. The Morgan fingerprint density at radius 3 is 2.43 bits per heavy atom. The first-order valence-electron chi connectivity index (χ1n) is 4.47. The van der Waals surface area contributed by atoms with Crippen LogP contribution in [0.5, 0.6) is 0 Å². The number of aryl methyl sites for hydroxylation is 1. The third-order valence-electron chi connectivity index (χ3n) is 1.97. The van der Waals surface area contributed by atoms with Crippen LogP contribution in [-0.2, 0) is 4.79 Å². The predicted octanol–water partition coefficient (Wildman–Crippen LogP) is 0.785. The van der Waals surface area contributed by atoms with Crippen LogP contribution in [0.15, 0.2) is 24.3 Å². The van der Waals surface area contributed by atoms with Gasteiger partial charge in [0.1, 0.15) is 6.04 Å². The minimum Gasteiger partial charge on any atom is -0.374 e. The molecule has 4 heteroatoms. The average Bonchev–Trinajstić information content (AvgIpc) is 2.20. The summed E-state index contributed by atoms with van der Waals surface area (Å²) in [4.78, 5) is 11.1. The summed E-state index contributed by atoms with van der Waals surface area (Å²) in [6, 6.07) is 7.48. The van der Waals surface area contributed by atoms with Crippen LogP contribution in [0.4, 0.5) is 5.69 Å². The molecule has 4 N–H and O–H groups in total.